The van der Waals surface area contributed by atoms with Crippen LogP contribution in [0.5, 0.6) is 5.75 Å². The van der Waals surface area contributed by atoms with E-state index >= 15 is 0 Å². The molecule has 1 aliphatic heterocycles. The molecule has 1 saturated heterocycles. The standard InChI is InChI=1S/C21H27FN2O3S/c22-20-7-9-21(10-8-20)27-17-4-18-28(25,26)24-15-13-23(14-16-24)12-11-19-5-2-1-3-6-19/h1-3,5-10H,4,11-18H2. The summed E-state index contributed by atoms with van der Waals surface area (Å²) in [6.07, 6.45) is 1.39. The molecule has 0 amide bonds. The lowest BCUT2D eigenvalue weighted by Crippen LogP contribution is -2.49. The van der Waals surface area contributed by atoms with Crippen LogP contribution in [0.25, 0.3) is 0 Å². The van der Waals surface area contributed by atoms with Gasteiger partial charge in [0.05, 0.1) is 12.4 Å². The Bertz CT molecular complexity index is 820. The second-order valence-corrected chi connectivity index (χ2v) is 9.04. The van der Waals surface area contributed by atoms with E-state index in [1.54, 1.807) is 16.4 Å². The first-order chi connectivity index (χ1) is 13.5. The fourth-order valence-corrected chi connectivity index (χ4v) is 4.71. The van der Waals surface area contributed by atoms with Gasteiger partial charge in [0.1, 0.15) is 11.6 Å². The monoisotopic (exact) mass is 406 g/mol. The van der Waals surface area contributed by atoms with Crippen molar-refractivity contribution in [2.24, 2.45) is 0 Å². The third-order valence-electron chi connectivity index (χ3n) is 4.91. The number of hydrogen-bond donors (Lipinski definition) is 0. The molecule has 0 atom stereocenters. The van der Waals surface area contributed by atoms with Crippen molar-refractivity contribution in [3.63, 3.8) is 0 Å². The normalized spacial score (nSPS) is 16.2. The van der Waals surface area contributed by atoms with Crippen LogP contribution in [0.15, 0.2) is 54.6 Å². The van der Waals surface area contributed by atoms with Crippen LogP contribution in [-0.4, -0.2) is 62.7 Å². The molecule has 0 aromatic heterocycles. The maximum absolute atomic E-state index is 12.9. The Morgan fingerprint density at radius 3 is 2.29 bits per heavy atom. The molecule has 0 N–H and O–H groups in total. The maximum Gasteiger partial charge on any atom is 0.214 e. The third kappa shape index (κ3) is 6.29. The lowest BCUT2D eigenvalue weighted by molar-refractivity contribution is 0.190. The molecule has 0 unspecified atom stereocenters. The highest BCUT2D eigenvalue weighted by Crippen LogP contribution is 2.13. The summed E-state index contributed by atoms with van der Waals surface area (Å²) in [5, 5.41) is 0. The largest absolute Gasteiger partial charge is 0.494 e. The molecule has 2 aromatic rings. The first kappa shape index (κ1) is 20.8. The summed E-state index contributed by atoms with van der Waals surface area (Å²) < 4.78 is 45.0. The Morgan fingerprint density at radius 2 is 1.61 bits per heavy atom. The van der Waals surface area contributed by atoms with Gasteiger partial charge < -0.3 is 9.64 Å². The molecule has 152 valence electrons. The van der Waals surface area contributed by atoms with Gasteiger partial charge >= 0.3 is 0 Å². The zero-order valence-electron chi connectivity index (χ0n) is 16.0. The SMILES string of the molecule is O=S(=O)(CCCOc1ccc(F)cc1)N1CCN(CCc2ccccc2)CC1. The van der Waals surface area contributed by atoms with Crippen molar-refractivity contribution >= 4 is 10.0 Å². The molecule has 2 aromatic carbocycles. The van der Waals surface area contributed by atoms with E-state index in [0.29, 0.717) is 31.9 Å². The minimum absolute atomic E-state index is 0.0677. The van der Waals surface area contributed by atoms with Crippen molar-refractivity contribution in [1.29, 1.82) is 0 Å². The van der Waals surface area contributed by atoms with E-state index in [2.05, 4.69) is 17.0 Å². The average molecular weight is 407 g/mol. The zero-order chi connectivity index (χ0) is 19.8. The summed E-state index contributed by atoms with van der Waals surface area (Å²) in [6.45, 7) is 3.84. The van der Waals surface area contributed by atoms with Gasteiger partial charge in [-0.05, 0) is 42.7 Å². The molecular formula is C21H27FN2O3S. The molecular weight excluding hydrogens is 379 g/mol. The first-order valence-corrected chi connectivity index (χ1v) is 11.3. The minimum atomic E-state index is -3.27. The van der Waals surface area contributed by atoms with E-state index in [9.17, 15) is 12.8 Å². The van der Waals surface area contributed by atoms with E-state index in [-0.39, 0.29) is 11.6 Å². The summed E-state index contributed by atoms with van der Waals surface area (Å²) in [5.74, 6) is 0.293. The van der Waals surface area contributed by atoms with Crippen LogP contribution in [0.4, 0.5) is 4.39 Å². The highest BCUT2D eigenvalue weighted by atomic mass is 32.2. The van der Waals surface area contributed by atoms with Gasteiger partial charge in [0.15, 0.2) is 0 Å². The van der Waals surface area contributed by atoms with Gasteiger partial charge in [-0.3, -0.25) is 0 Å². The smallest absolute Gasteiger partial charge is 0.214 e. The van der Waals surface area contributed by atoms with Gasteiger partial charge in [0.2, 0.25) is 10.0 Å². The Labute approximate surface area is 166 Å². The van der Waals surface area contributed by atoms with Gasteiger partial charge in [-0.2, -0.15) is 4.31 Å². The summed E-state index contributed by atoms with van der Waals surface area (Å²) in [7, 11) is -3.27. The molecule has 0 saturated carbocycles. The summed E-state index contributed by atoms with van der Waals surface area (Å²) in [5.41, 5.74) is 1.30. The van der Waals surface area contributed by atoms with E-state index in [0.717, 1.165) is 26.1 Å². The Kier molecular flexibility index (Phi) is 7.42. The number of halogens is 1. The fourth-order valence-electron chi connectivity index (χ4n) is 3.25. The highest BCUT2D eigenvalue weighted by molar-refractivity contribution is 7.89. The molecule has 1 heterocycles. The maximum atomic E-state index is 12.9. The Balaban J connectivity index is 1.36. The zero-order valence-corrected chi connectivity index (χ0v) is 16.8. The number of sulfonamides is 1. The van der Waals surface area contributed by atoms with Gasteiger partial charge in [0, 0.05) is 32.7 Å². The second-order valence-electron chi connectivity index (χ2n) is 6.95. The van der Waals surface area contributed by atoms with Gasteiger partial charge in [-0.25, -0.2) is 12.8 Å². The Morgan fingerprint density at radius 1 is 0.929 bits per heavy atom. The summed E-state index contributed by atoms with van der Waals surface area (Å²) >= 11 is 0. The van der Waals surface area contributed by atoms with Crippen LogP contribution >= 0.6 is 0 Å². The highest BCUT2D eigenvalue weighted by Gasteiger charge is 2.26. The predicted molar refractivity (Wildman–Crippen MR) is 108 cm³/mol. The number of benzene rings is 2. The Hall–Kier alpha value is -1.96. The number of piperazine rings is 1. The average Bonchev–Trinajstić information content (AvgIpc) is 2.72. The van der Waals surface area contributed by atoms with E-state index in [1.807, 2.05) is 18.2 Å². The van der Waals surface area contributed by atoms with Crippen molar-refractivity contribution in [2.75, 3.05) is 45.1 Å². The quantitative estimate of drug-likeness (QED) is 0.601. The predicted octanol–water partition coefficient (Wildman–Crippen LogP) is 2.78. The molecule has 0 bridgehead atoms. The van der Waals surface area contributed by atoms with E-state index in [4.69, 9.17) is 4.74 Å². The molecule has 0 radical (unpaired) electrons. The number of nitrogens with zero attached hydrogens (tertiary/aromatic N) is 2. The molecule has 3 rings (SSSR count). The van der Waals surface area contributed by atoms with Gasteiger partial charge in [-0.1, -0.05) is 30.3 Å². The van der Waals surface area contributed by atoms with Crippen molar-refractivity contribution in [3.05, 3.63) is 66.0 Å². The molecule has 5 nitrogen and oxygen atoms in total. The van der Waals surface area contributed by atoms with Gasteiger partial charge in [0.25, 0.3) is 0 Å². The third-order valence-corrected chi connectivity index (χ3v) is 6.87. The summed E-state index contributed by atoms with van der Waals surface area (Å²) in [6, 6.07) is 16.1. The van der Waals surface area contributed by atoms with Crippen LogP contribution in [0.2, 0.25) is 0 Å². The molecule has 7 heteroatoms. The van der Waals surface area contributed by atoms with E-state index in [1.165, 1.54) is 17.7 Å². The van der Waals surface area contributed by atoms with Gasteiger partial charge in [-0.15, -0.1) is 0 Å². The number of ether oxygens (including phenoxy) is 1. The van der Waals surface area contributed by atoms with Crippen LogP contribution in [0, 0.1) is 5.82 Å². The molecule has 0 spiro atoms. The lowest BCUT2D eigenvalue weighted by atomic mass is 10.1. The van der Waals surface area contributed by atoms with Crippen molar-refractivity contribution in [2.45, 2.75) is 12.8 Å². The van der Waals surface area contributed by atoms with Crippen LogP contribution in [-0.2, 0) is 16.4 Å². The number of rotatable bonds is 9. The minimum Gasteiger partial charge on any atom is -0.494 e. The number of hydrogen-bond acceptors (Lipinski definition) is 4. The van der Waals surface area contributed by atoms with Crippen LogP contribution < -0.4 is 4.74 Å². The summed E-state index contributed by atoms with van der Waals surface area (Å²) in [4.78, 5) is 2.32. The first-order valence-electron chi connectivity index (χ1n) is 9.65. The molecule has 1 aliphatic rings. The fraction of sp³-hybridized carbons (Fsp3) is 0.429. The molecule has 28 heavy (non-hydrogen) atoms. The van der Waals surface area contributed by atoms with E-state index < -0.39 is 10.0 Å². The van der Waals surface area contributed by atoms with Crippen molar-refractivity contribution < 1.29 is 17.5 Å². The van der Waals surface area contributed by atoms with Crippen LogP contribution in [0.1, 0.15) is 12.0 Å². The van der Waals surface area contributed by atoms with Crippen molar-refractivity contribution in [1.82, 2.24) is 9.21 Å². The molecule has 1 fully saturated rings. The topological polar surface area (TPSA) is 49.9 Å². The van der Waals surface area contributed by atoms with Crippen LogP contribution in [0.3, 0.4) is 0 Å². The lowest BCUT2D eigenvalue weighted by Gasteiger charge is -2.34. The van der Waals surface area contributed by atoms with Crippen molar-refractivity contribution in [3.8, 4) is 5.75 Å². The molecule has 0 aliphatic carbocycles. The second kappa shape index (κ2) is 10.0.